The summed E-state index contributed by atoms with van der Waals surface area (Å²) in [6.07, 6.45) is 3.60. The summed E-state index contributed by atoms with van der Waals surface area (Å²) in [4.78, 5) is 11.8. The van der Waals surface area contributed by atoms with Gasteiger partial charge in [0.1, 0.15) is 0 Å². The van der Waals surface area contributed by atoms with Gasteiger partial charge in [-0.3, -0.25) is 4.79 Å². The van der Waals surface area contributed by atoms with Gasteiger partial charge in [-0.2, -0.15) is 0 Å². The second-order valence-corrected chi connectivity index (χ2v) is 4.95. The number of piperidine rings is 1. The number of hydrogen-bond acceptors (Lipinski definition) is 4. The summed E-state index contributed by atoms with van der Waals surface area (Å²) in [5.41, 5.74) is 0. The highest BCUT2D eigenvalue weighted by Gasteiger charge is 2.19. The highest BCUT2D eigenvalue weighted by Crippen LogP contribution is 2.15. The molecule has 5 nitrogen and oxygen atoms in total. The van der Waals surface area contributed by atoms with E-state index in [0.717, 1.165) is 19.5 Å². The lowest BCUT2D eigenvalue weighted by atomic mass is 9.94. The molecule has 106 valence electrons. The van der Waals surface area contributed by atoms with Crippen LogP contribution >= 0.6 is 0 Å². The van der Waals surface area contributed by atoms with Gasteiger partial charge in [-0.15, -0.1) is 0 Å². The van der Waals surface area contributed by atoms with Gasteiger partial charge in [0.15, 0.2) is 6.29 Å². The van der Waals surface area contributed by atoms with E-state index in [1.165, 1.54) is 12.8 Å². The maximum atomic E-state index is 11.8. The van der Waals surface area contributed by atoms with E-state index in [4.69, 9.17) is 9.47 Å². The van der Waals surface area contributed by atoms with Gasteiger partial charge in [0.05, 0.1) is 6.04 Å². The number of rotatable bonds is 7. The molecule has 0 aromatic heterocycles. The van der Waals surface area contributed by atoms with Crippen LogP contribution in [-0.2, 0) is 14.3 Å². The van der Waals surface area contributed by atoms with Crippen LogP contribution in [0.15, 0.2) is 0 Å². The van der Waals surface area contributed by atoms with Crippen LogP contribution in [0.2, 0.25) is 0 Å². The molecule has 0 aromatic rings. The SMILES string of the molecule is COC(OC)C(C)NC(=O)CCC1CCCNC1. The Morgan fingerprint density at radius 1 is 1.44 bits per heavy atom. The Hall–Kier alpha value is -0.650. The second-order valence-electron chi connectivity index (χ2n) is 4.95. The van der Waals surface area contributed by atoms with Crippen LogP contribution in [0.5, 0.6) is 0 Å². The second kappa shape index (κ2) is 8.45. The van der Waals surface area contributed by atoms with E-state index < -0.39 is 0 Å². The van der Waals surface area contributed by atoms with Crippen LogP contribution in [0.3, 0.4) is 0 Å². The Bertz CT molecular complexity index is 238. The zero-order chi connectivity index (χ0) is 13.4. The molecule has 0 aromatic carbocycles. The molecule has 1 heterocycles. The first kappa shape index (κ1) is 15.4. The fraction of sp³-hybridized carbons (Fsp3) is 0.923. The number of ether oxygens (including phenoxy) is 2. The number of carbonyl (C=O) groups excluding carboxylic acids is 1. The Balaban J connectivity index is 2.19. The highest BCUT2D eigenvalue weighted by atomic mass is 16.7. The summed E-state index contributed by atoms with van der Waals surface area (Å²) >= 11 is 0. The summed E-state index contributed by atoms with van der Waals surface area (Å²) in [7, 11) is 3.15. The van der Waals surface area contributed by atoms with E-state index in [2.05, 4.69) is 10.6 Å². The van der Waals surface area contributed by atoms with Gasteiger partial charge >= 0.3 is 0 Å². The van der Waals surface area contributed by atoms with E-state index in [0.29, 0.717) is 12.3 Å². The Morgan fingerprint density at radius 2 is 2.17 bits per heavy atom. The van der Waals surface area contributed by atoms with Crippen LogP contribution in [0.4, 0.5) is 0 Å². The zero-order valence-corrected chi connectivity index (χ0v) is 11.7. The van der Waals surface area contributed by atoms with Gasteiger partial charge in [-0.1, -0.05) is 0 Å². The molecule has 0 aliphatic carbocycles. The molecule has 5 heteroatoms. The Morgan fingerprint density at radius 3 is 2.72 bits per heavy atom. The predicted octanol–water partition coefficient (Wildman–Crippen LogP) is 0.890. The minimum Gasteiger partial charge on any atom is -0.354 e. The van der Waals surface area contributed by atoms with E-state index in [1.807, 2.05) is 6.92 Å². The fourth-order valence-electron chi connectivity index (χ4n) is 2.40. The molecule has 1 rings (SSSR count). The van der Waals surface area contributed by atoms with Gasteiger partial charge in [0.2, 0.25) is 5.91 Å². The molecule has 1 aliphatic heterocycles. The smallest absolute Gasteiger partial charge is 0.220 e. The van der Waals surface area contributed by atoms with E-state index in [1.54, 1.807) is 14.2 Å². The molecule has 2 unspecified atom stereocenters. The van der Waals surface area contributed by atoms with Crippen LogP contribution in [0, 0.1) is 5.92 Å². The van der Waals surface area contributed by atoms with Crippen LogP contribution in [-0.4, -0.2) is 45.5 Å². The monoisotopic (exact) mass is 258 g/mol. The largest absolute Gasteiger partial charge is 0.354 e. The third kappa shape index (κ3) is 5.33. The molecule has 18 heavy (non-hydrogen) atoms. The number of nitrogens with one attached hydrogen (secondary N) is 2. The molecule has 0 bridgehead atoms. The number of methoxy groups -OCH3 is 2. The quantitative estimate of drug-likeness (QED) is 0.666. The molecule has 1 aliphatic rings. The van der Waals surface area contributed by atoms with E-state index in [-0.39, 0.29) is 18.2 Å². The minimum absolute atomic E-state index is 0.0761. The van der Waals surface area contributed by atoms with Crippen molar-refractivity contribution in [2.45, 2.75) is 44.9 Å². The molecule has 1 fully saturated rings. The minimum atomic E-state index is -0.384. The van der Waals surface area contributed by atoms with Crippen molar-refractivity contribution in [2.75, 3.05) is 27.3 Å². The molecule has 1 saturated heterocycles. The lowest BCUT2D eigenvalue weighted by molar-refractivity contribution is -0.136. The van der Waals surface area contributed by atoms with Crippen molar-refractivity contribution in [1.82, 2.24) is 10.6 Å². The first-order chi connectivity index (χ1) is 8.67. The number of hydrogen-bond donors (Lipinski definition) is 2. The van der Waals surface area contributed by atoms with Crippen molar-refractivity contribution in [3.05, 3.63) is 0 Å². The van der Waals surface area contributed by atoms with Crippen molar-refractivity contribution < 1.29 is 14.3 Å². The summed E-state index contributed by atoms with van der Waals surface area (Å²) in [6.45, 7) is 4.04. The van der Waals surface area contributed by atoms with Crippen molar-refractivity contribution >= 4 is 5.91 Å². The fourth-order valence-corrected chi connectivity index (χ4v) is 2.40. The lowest BCUT2D eigenvalue weighted by Crippen LogP contribution is -2.43. The van der Waals surface area contributed by atoms with Gasteiger partial charge in [-0.05, 0) is 45.2 Å². The first-order valence-electron chi connectivity index (χ1n) is 6.73. The maximum absolute atomic E-state index is 11.8. The summed E-state index contributed by atoms with van der Waals surface area (Å²) < 4.78 is 10.2. The van der Waals surface area contributed by atoms with E-state index >= 15 is 0 Å². The Kier molecular flexibility index (Phi) is 7.23. The molecular weight excluding hydrogens is 232 g/mol. The van der Waals surface area contributed by atoms with Crippen molar-refractivity contribution in [3.63, 3.8) is 0 Å². The topological polar surface area (TPSA) is 59.6 Å². The van der Waals surface area contributed by atoms with Crippen LogP contribution in [0.1, 0.15) is 32.6 Å². The highest BCUT2D eigenvalue weighted by molar-refractivity contribution is 5.76. The molecule has 0 radical (unpaired) electrons. The predicted molar refractivity (Wildman–Crippen MR) is 70.2 cm³/mol. The molecular formula is C13H26N2O3. The maximum Gasteiger partial charge on any atom is 0.220 e. The lowest BCUT2D eigenvalue weighted by Gasteiger charge is -2.24. The van der Waals surface area contributed by atoms with Gasteiger partial charge < -0.3 is 20.1 Å². The number of amides is 1. The summed E-state index contributed by atoms with van der Waals surface area (Å²) in [6, 6.07) is -0.128. The van der Waals surface area contributed by atoms with Crippen LogP contribution in [0.25, 0.3) is 0 Å². The van der Waals surface area contributed by atoms with E-state index in [9.17, 15) is 4.79 Å². The summed E-state index contributed by atoms with van der Waals surface area (Å²) in [5, 5.41) is 6.28. The molecule has 1 amide bonds. The standard InChI is InChI=1S/C13H26N2O3/c1-10(13(17-2)18-3)15-12(16)7-6-11-5-4-8-14-9-11/h10-11,13-14H,4-9H2,1-3H3,(H,15,16). The zero-order valence-electron chi connectivity index (χ0n) is 11.7. The van der Waals surface area contributed by atoms with Gasteiger partial charge in [0, 0.05) is 20.6 Å². The third-order valence-corrected chi connectivity index (χ3v) is 3.44. The number of carbonyl (C=O) groups is 1. The average molecular weight is 258 g/mol. The molecule has 2 N–H and O–H groups in total. The normalized spacial score (nSPS) is 21.9. The van der Waals surface area contributed by atoms with Crippen LogP contribution < -0.4 is 10.6 Å². The molecule has 2 atom stereocenters. The summed E-state index contributed by atoms with van der Waals surface area (Å²) in [5.74, 6) is 0.715. The average Bonchev–Trinajstić information content (AvgIpc) is 2.39. The third-order valence-electron chi connectivity index (χ3n) is 3.44. The van der Waals surface area contributed by atoms with Crippen molar-refractivity contribution in [1.29, 1.82) is 0 Å². The molecule has 0 spiro atoms. The van der Waals surface area contributed by atoms with Crippen molar-refractivity contribution in [3.8, 4) is 0 Å². The molecule has 0 saturated carbocycles. The van der Waals surface area contributed by atoms with Gasteiger partial charge in [-0.25, -0.2) is 0 Å². The first-order valence-corrected chi connectivity index (χ1v) is 6.73. The van der Waals surface area contributed by atoms with Crippen molar-refractivity contribution in [2.24, 2.45) is 5.92 Å². The van der Waals surface area contributed by atoms with Gasteiger partial charge in [0.25, 0.3) is 0 Å². The Labute approximate surface area is 110 Å².